The molecule has 5 nitrogen and oxygen atoms in total. The highest BCUT2D eigenvalue weighted by atomic mass is 19.3. The Morgan fingerprint density at radius 2 is 1.95 bits per heavy atom. The van der Waals surface area contributed by atoms with Gasteiger partial charge in [0.25, 0.3) is 5.92 Å². The third kappa shape index (κ3) is 3.12. The zero-order valence-electron chi connectivity index (χ0n) is 11.4. The molecule has 0 spiro atoms. The van der Waals surface area contributed by atoms with Crippen LogP contribution in [0, 0.1) is 0 Å². The minimum atomic E-state index is -3.24. The summed E-state index contributed by atoms with van der Waals surface area (Å²) in [6.45, 7) is 0.0425. The van der Waals surface area contributed by atoms with Gasteiger partial charge < -0.3 is 9.84 Å². The molecule has 2 rings (SSSR count). The van der Waals surface area contributed by atoms with Crippen LogP contribution in [0.2, 0.25) is 0 Å². The van der Waals surface area contributed by atoms with E-state index in [9.17, 15) is 18.4 Å². The van der Waals surface area contributed by atoms with Crippen molar-refractivity contribution >= 4 is 12.1 Å². The van der Waals surface area contributed by atoms with E-state index >= 15 is 0 Å². The fourth-order valence-electron chi connectivity index (χ4n) is 2.32. The summed E-state index contributed by atoms with van der Waals surface area (Å²) < 4.78 is 31.9. The maximum atomic E-state index is 13.5. The van der Waals surface area contributed by atoms with Crippen molar-refractivity contribution in [2.24, 2.45) is 0 Å². The second-order valence-corrected chi connectivity index (χ2v) is 5.24. The largest absolute Gasteiger partial charge is 0.480 e. The van der Waals surface area contributed by atoms with E-state index in [1.807, 2.05) is 0 Å². The van der Waals surface area contributed by atoms with E-state index in [2.05, 4.69) is 0 Å². The van der Waals surface area contributed by atoms with Gasteiger partial charge in [-0.05, 0) is 12.5 Å². The Morgan fingerprint density at radius 1 is 1.33 bits per heavy atom. The lowest BCUT2D eigenvalue weighted by molar-refractivity contribution is -0.148. The maximum Gasteiger partial charge on any atom is 0.411 e. The molecule has 1 saturated heterocycles. The average Bonchev–Trinajstić information content (AvgIpc) is 2.68. The number of carbonyl (C=O) groups excluding carboxylic acids is 1. The highest BCUT2D eigenvalue weighted by Crippen LogP contribution is 2.40. The van der Waals surface area contributed by atoms with Crippen LogP contribution in [-0.4, -0.2) is 40.1 Å². The Bertz CT molecular complexity index is 549. The first-order valence-electron chi connectivity index (χ1n) is 6.34. The lowest BCUT2D eigenvalue weighted by Gasteiger charge is -2.29. The molecule has 0 saturated carbocycles. The summed E-state index contributed by atoms with van der Waals surface area (Å²) in [5.74, 6) is -4.71. The number of carbonyl (C=O) groups is 2. The van der Waals surface area contributed by atoms with Crippen LogP contribution in [0.1, 0.15) is 18.9 Å². The van der Waals surface area contributed by atoms with Gasteiger partial charge in [0, 0.05) is 6.42 Å². The number of hydrogen-bond acceptors (Lipinski definition) is 3. The van der Waals surface area contributed by atoms with Crippen LogP contribution in [0.25, 0.3) is 0 Å². The Hall–Kier alpha value is -2.18. The number of aliphatic carboxylic acids is 1. The van der Waals surface area contributed by atoms with Crippen LogP contribution >= 0.6 is 0 Å². The van der Waals surface area contributed by atoms with Gasteiger partial charge in [-0.2, -0.15) is 0 Å². The van der Waals surface area contributed by atoms with E-state index in [-0.39, 0.29) is 6.61 Å². The Labute approximate surface area is 120 Å². The number of likely N-dealkylation sites (tertiary alicyclic amines) is 1. The summed E-state index contributed by atoms with van der Waals surface area (Å²) in [4.78, 5) is 23.7. The number of carboxylic acids is 1. The second-order valence-electron chi connectivity index (χ2n) is 5.24. The number of ether oxygens (including phenoxy) is 1. The molecule has 1 aromatic rings. The minimum absolute atomic E-state index is 0.0998. The molecule has 0 radical (unpaired) electrons. The van der Waals surface area contributed by atoms with Crippen LogP contribution in [-0.2, 0) is 16.1 Å². The summed E-state index contributed by atoms with van der Waals surface area (Å²) in [5.41, 5.74) is -1.27. The molecule has 7 heteroatoms. The number of carboxylic acid groups (broad SMARTS) is 1. The highest BCUT2D eigenvalue weighted by Gasteiger charge is 2.59. The molecular weight excluding hydrogens is 284 g/mol. The molecule has 21 heavy (non-hydrogen) atoms. The summed E-state index contributed by atoms with van der Waals surface area (Å²) >= 11 is 0. The number of amides is 1. The van der Waals surface area contributed by atoms with Crippen molar-refractivity contribution in [1.29, 1.82) is 0 Å². The standard InChI is InChI=1S/C14H15F2NO4/c1-13(11(18)19)8-14(15,16)9-17(13)12(20)21-7-10-5-3-2-4-6-10/h2-6H,7-9H2,1H3,(H,18,19). The van der Waals surface area contributed by atoms with Crippen molar-refractivity contribution < 1.29 is 28.2 Å². The minimum Gasteiger partial charge on any atom is -0.480 e. The van der Waals surface area contributed by atoms with Gasteiger partial charge in [0.15, 0.2) is 0 Å². The van der Waals surface area contributed by atoms with Crippen LogP contribution in [0.15, 0.2) is 30.3 Å². The first-order valence-corrected chi connectivity index (χ1v) is 6.34. The first-order chi connectivity index (χ1) is 9.74. The smallest absolute Gasteiger partial charge is 0.411 e. The zero-order chi connectivity index (χ0) is 15.7. The van der Waals surface area contributed by atoms with Gasteiger partial charge in [-0.1, -0.05) is 30.3 Å². The lowest BCUT2D eigenvalue weighted by atomic mass is 9.98. The van der Waals surface area contributed by atoms with Gasteiger partial charge in [0.05, 0.1) is 6.54 Å². The van der Waals surface area contributed by atoms with Crippen molar-refractivity contribution in [3.8, 4) is 0 Å². The SMILES string of the molecule is CC1(C(=O)O)CC(F)(F)CN1C(=O)OCc1ccccc1. The maximum absolute atomic E-state index is 13.5. The van der Waals surface area contributed by atoms with E-state index < -0.39 is 36.5 Å². The van der Waals surface area contributed by atoms with Crippen LogP contribution < -0.4 is 0 Å². The van der Waals surface area contributed by atoms with Gasteiger partial charge >= 0.3 is 12.1 Å². The molecule has 1 amide bonds. The third-order valence-electron chi connectivity index (χ3n) is 3.47. The van der Waals surface area contributed by atoms with Crippen molar-refractivity contribution in [1.82, 2.24) is 4.90 Å². The molecule has 1 aromatic carbocycles. The Balaban J connectivity index is 2.08. The summed E-state index contributed by atoms with van der Waals surface area (Å²) in [6, 6.07) is 8.70. The second kappa shape index (κ2) is 5.31. The number of rotatable bonds is 3. The van der Waals surface area contributed by atoms with E-state index in [1.54, 1.807) is 30.3 Å². The third-order valence-corrected chi connectivity index (χ3v) is 3.47. The molecule has 0 aliphatic carbocycles. The quantitative estimate of drug-likeness (QED) is 0.931. The molecule has 1 aliphatic rings. The molecule has 1 N–H and O–H groups in total. The topological polar surface area (TPSA) is 66.8 Å². The summed E-state index contributed by atoms with van der Waals surface area (Å²) in [5, 5.41) is 9.13. The Kier molecular flexibility index (Phi) is 3.85. The van der Waals surface area contributed by atoms with Crippen LogP contribution in [0.3, 0.4) is 0 Å². The first kappa shape index (κ1) is 15.2. The predicted molar refractivity (Wildman–Crippen MR) is 68.9 cm³/mol. The van der Waals surface area contributed by atoms with Crippen molar-refractivity contribution in [3.05, 3.63) is 35.9 Å². The monoisotopic (exact) mass is 299 g/mol. The van der Waals surface area contributed by atoms with Gasteiger partial charge in [0.1, 0.15) is 12.1 Å². The lowest BCUT2D eigenvalue weighted by Crippen LogP contribution is -2.50. The fourth-order valence-corrected chi connectivity index (χ4v) is 2.32. The molecule has 1 aliphatic heterocycles. The van der Waals surface area contributed by atoms with Crippen molar-refractivity contribution in [2.45, 2.75) is 31.4 Å². The van der Waals surface area contributed by atoms with Gasteiger partial charge in [-0.25, -0.2) is 18.4 Å². The zero-order valence-corrected chi connectivity index (χ0v) is 11.4. The van der Waals surface area contributed by atoms with E-state index in [0.717, 1.165) is 6.92 Å². The molecule has 0 bridgehead atoms. The molecule has 1 unspecified atom stereocenters. The normalized spacial score (nSPS) is 23.9. The molecule has 114 valence electrons. The van der Waals surface area contributed by atoms with E-state index in [4.69, 9.17) is 9.84 Å². The van der Waals surface area contributed by atoms with Crippen molar-refractivity contribution in [3.63, 3.8) is 0 Å². The number of benzene rings is 1. The van der Waals surface area contributed by atoms with E-state index in [1.165, 1.54) is 0 Å². The number of nitrogens with zero attached hydrogens (tertiary/aromatic N) is 1. The average molecular weight is 299 g/mol. The molecular formula is C14H15F2NO4. The molecule has 0 aromatic heterocycles. The van der Waals surface area contributed by atoms with Crippen LogP contribution in [0.4, 0.5) is 13.6 Å². The van der Waals surface area contributed by atoms with Gasteiger partial charge in [-0.3, -0.25) is 4.90 Å². The van der Waals surface area contributed by atoms with Crippen LogP contribution in [0.5, 0.6) is 0 Å². The van der Waals surface area contributed by atoms with Crippen molar-refractivity contribution in [2.75, 3.05) is 6.54 Å². The molecule has 1 fully saturated rings. The summed E-state index contributed by atoms with van der Waals surface area (Å²) in [6.07, 6.45) is -1.98. The number of alkyl halides is 2. The van der Waals surface area contributed by atoms with E-state index in [0.29, 0.717) is 10.5 Å². The van der Waals surface area contributed by atoms with Gasteiger partial charge in [0.2, 0.25) is 0 Å². The highest BCUT2D eigenvalue weighted by molar-refractivity contribution is 5.85. The predicted octanol–water partition coefficient (Wildman–Crippen LogP) is 2.51. The Morgan fingerprint density at radius 3 is 2.52 bits per heavy atom. The molecule has 1 atom stereocenters. The number of hydrogen-bond donors (Lipinski definition) is 1. The number of halogens is 2. The summed E-state index contributed by atoms with van der Waals surface area (Å²) in [7, 11) is 0. The fraction of sp³-hybridized carbons (Fsp3) is 0.429. The molecule has 1 heterocycles. The van der Waals surface area contributed by atoms with Gasteiger partial charge in [-0.15, -0.1) is 0 Å².